The van der Waals surface area contributed by atoms with Gasteiger partial charge in [-0.1, -0.05) is 30.3 Å². The summed E-state index contributed by atoms with van der Waals surface area (Å²) in [5.74, 6) is -0.0832. The molecule has 1 atom stereocenters. The zero-order valence-corrected chi connectivity index (χ0v) is 17.2. The lowest BCUT2D eigenvalue weighted by atomic mass is 10.2. The van der Waals surface area contributed by atoms with Crippen LogP contribution in [-0.2, 0) is 21.4 Å². The van der Waals surface area contributed by atoms with Gasteiger partial charge in [-0.15, -0.1) is 0 Å². The number of hydrogen-bond donors (Lipinski definition) is 1. The van der Waals surface area contributed by atoms with Crippen LogP contribution in [0.4, 0.5) is 0 Å². The molecule has 1 saturated heterocycles. The van der Waals surface area contributed by atoms with E-state index < -0.39 is 16.1 Å². The predicted molar refractivity (Wildman–Crippen MR) is 113 cm³/mol. The largest absolute Gasteiger partial charge is 0.350 e. The first-order valence-corrected chi connectivity index (χ1v) is 11.3. The van der Waals surface area contributed by atoms with E-state index >= 15 is 0 Å². The molecule has 0 bridgehead atoms. The van der Waals surface area contributed by atoms with Gasteiger partial charge in [0, 0.05) is 36.7 Å². The zero-order valence-electron chi connectivity index (χ0n) is 16.4. The summed E-state index contributed by atoms with van der Waals surface area (Å²) in [6.45, 7) is 3.48. The first-order valence-electron chi connectivity index (χ1n) is 9.89. The van der Waals surface area contributed by atoms with Crippen molar-refractivity contribution in [1.29, 1.82) is 0 Å². The monoisotopic (exact) mass is 411 g/mol. The summed E-state index contributed by atoms with van der Waals surface area (Å²) in [5, 5.41) is 3.78. The Morgan fingerprint density at radius 3 is 2.52 bits per heavy atom. The Morgan fingerprint density at radius 1 is 1.07 bits per heavy atom. The average Bonchev–Trinajstić information content (AvgIpc) is 3.42. The fraction of sp³-hybridized carbons (Fsp3) is 0.318. The van der Waals surface area contributed by atoms with E-state index in [1.54, 1.807) is 22.5 Å². The van der Waals surface area contributed by atoms with Crippen LogP contribution in [0.2, 0.25) is 0 Å². The minimum absolute atomic E-state index is 0.0832. The van der Waals surface area contributed by atoms with Gasteiger partial charge in [-0.2, -0.15) is 4.31 Å². The highest BCUT2D eigenvalue weighted by atomic mass is 32.2. The van der Waals surface area contributed by atoms with E-state index in [9.17, 15) is 13.2 Å². The van der Waals surface area contributed by atoms with Crippen LogP contribution in [0.3, 0.4) is 0 Å². The molecule has 0 spiro atoms. The van der Waals surface area contributed by atoms with E-state index in [1.165, 1.54) is 0 Å². The summed E-state index contributed by atoms with van der Waals surface area (Å²) in [4.78, 5) is 12.9. The molecule has 0 saturated carbocycles. The van der Waals surface area contributed by atoms with Crippen LogP contribution in [0.25, 0.3) is 10.9 Å². The highest BCUT2D eigenvalue weighted by Gasteiger charge is 2.27. The van der Waals surface area contributed by atoms with Crippen LogP contribution in [0, 0.1) is 0 Å². The lowest BCUT2D eigenvalue weighted by Crippen LogP contribution is -2.30. The van der Waals surface area contributed by atoms with E-state index in [4.69, 9.17) is 0 Å². The number of aromatic nitrogens is 1. The van der Waals surface area contributed by atoms with Crippen molar-refractivity contribution >= 4 is 26.8 Å². The number of rotatable bonds is 6. The van der Waals surface area contributed by atoms with Crippen LogP contribution in [-0.4, -0.2) is 36.3 Å². The molecule has 0 aliphatic carbocycles. The maximum Gasteiger partial charge on any atom is 0.243 e. The van der Waals surface area contributed by atoms with Crippen molar-refractivity contribution in [3.63, 3.8) is 0 Å². The lowest BCUT2D eigenvalue weighted by Gasteiger charge is -2.17. The number of nitrogens with zero attached hydrogens (tertiary/aromatic N) is 2. The maximum atomic E-state index is 12.8. The van der Waals surface area contributed by atoms with Crippen molar-refractivity contribution in [3.8, 4) is 0 Å². The average molecular weight is 412 g/mol. The van der Waals surface area contributed by atoms with Crippen molar-refractivity contribution < 1.29 is 13.2 Å². The molecule has 2 aromatic carbocycles. The molecular formula is C22H25N3O3S. The number of hydrogen-bond acceptors (Lipinski definition) is 3. The molecule has 1 N–H and O–H groups in total. The van der Waals surface area contributed by atoms with E-state index in [1.807, 2.05) is 54.1 Å². The van der Waals surface area contributed by atoms with E-state index in [0.717, 1.165) is 29.3 Å². The minimum atomic E-state index is -3.45. The van der Waals surface area contributed by atoms with Gasteiger partial charge in [0.2, 0.25) is 15.9 Å². The van der Waals surface area contributed by atoms with Crippen LogP contribution >= 0.6 is 0 Å². The smallest absolute Gasteiger partial charge is 0.243 e. The van der Waals surface area contributed by atoms with Crippen LogP contribution < -0.4 is 5.32 Å². The van der Waals surface area contributed by atoms with Crippen LogP contribution in [0.1, 0.15) is 31.4 Å². The van der Waals surface area contributed by atoms with Crippen molar-refractivity contribution in [2.45, 2.75) is 37.2 Å². The SMILES string of the molecule is C[C@@H](C(=O)NCc1ccccc1)n1ccc2cc(S(=O)(=O)N3CCCC3)ccc21. The Hall–Kier alpha value is -2.64. The van der Waals surface area contributed by atoms with E-state index in [0.29, 0.717) is 24.5 Å². The summed E-state index contributed by atoms with van der Waals surface area (Å²) < 4.78 is 29.0. The summed E-state index contributed by atoms with van der Waals surface area (Å²) in [6.07, 6.45) is 3.66. The molecule has 1 amide bonds. The molecule has 7 heteroatoms. The quantitative estimate of drug-likeness (QED) is 0.677. The molecule has 152 valence electrons. The fourth-order valence-corrected chi connectivity index (χ4v) is 5.33. The van der Waals surface area contributed by atoms with Gasteiger partial charge in [0.15, 0.2) is 0 Å². The van der Waals surface area contributed by atoms with Crippen molar-refractivity contribution in [2.75, 3.05) is 13.1 Å². The number of benzene rings is 2. The predicted octanol–water partition coefficient (Wildman–Crippen LogP) is 3.30. The second-order valence-corrected chi connectivity index (χ2v) is 9.37. The molecule has 6 nitrogen and oxygen atoms in total. The number of fused-ring (bicyclic) bond motifs is 1. The summed E-state index contributed by atoms with van der Waals surface area (Å²) in [7, 11) is -3.45. The normalized spacial score (nSPS) is 16.2. The number of carbonyl (C=O) groups is 1. The summed E-state index contributed by atoms with van der Waals surface area (Å²) in [5.41, 5.74) is 1.88. The van der Waals surface area contributed by atoms with Gasteiger partial charge in [-0.05, 0) is 49.6 Å². The van der Waals surface area contributed by atoms with Gasteiger partial charge in [-0.25, -0.2) is 8.42 Å². The van der Waals surface area contributed by atoms with Crippen molar-refractivity contribution in [1.82, 2.24) is 14.2 Å². The standard InChI is InChI=1S/C22H25N3O3S/c1-17(22(26)23-16-18-7-3-2-4-8-18)25-14-11-19-15-20(9-10-21(19)25)29(27,28)24-12-5-6-13-24/h2-4,7-11,14-15,17H,5-6,12-13,16H2,1H3,(H,23,26)/t17-/m0/s1. The molecule has 29 heavy (non-hydrogen) atoms. The van der Waals surface area contributed by atoms with Crippen molar-refractivity contribution in [2.24, 2.45) is 0 Å². The summed E-state index contributed by atoms with van der Waals surface area (Å²) >= 11 is 0. The van der Waals surface area contributed by atoms with Gasteiger partial charge in [0.05, 0.1) is 4.90 Å². The first kappa shape index (κ1) is 19.7. The van der Waals surface area contributed by atoms with Crippen molar-refractivity contribution in [3.05, 3.63) is 66.4 Å². The van der Waals surface area contributed by atoms with Crippen LogP contribution in [0.5, 0.6) is 0 Å². The van der Waals surface area contributed by atoms with Gasteiger partial charge in [-0.3, -0.25) is 4.79 Å². The number of nitrogens with one attached hydrogen (secondary N) is 1. The number of carbonyl (C=O) groups excluding carboxylic acids is 1. The fourth-order valence-electron chi connectivity index (χ4n) is 3.78. The molecule has 4 rings (SSSR count). The number of amides is 1. The molecule has 1 aromatic heterocycles. The third-order valence-electron chi connectivity index (χ3n) is 5.50. The molecule has 1 fully saturated rings. The molecule has 3 aromatic rings. The molecular weight excluding hydrogens is 386 g/mol. The second-order valence-electron chi connectivity index (χ2n) is 7.43. The summed E-state index contributed by atoms with van der Waals surface area (Å²) in [6, 6.07) is 16.4. The molecule has 0 radical (unpaired) electrons. The third kappa shape index (κ3) is 3.93. The van der Waals surface area contributed by atoms with E-state index in [-0.39, 0.29) is 5.91 Å². The van der Waals surface area contributed by atoms with Gasteiger partial charge >= 0.3 is 0 Å². The highest BCUT2D eigenvalue weighted by Crippen LogP contribution is 2.27. The Bertz CT molecular complexity index is 1120. The lowest BCUT2D eigenvalue weighted by molar-refractivity contribution is -0.123. The van der Waals surface area contributed by atoms with Gasteiger partial charge in [0.25, 0.3) is 0 Å². The molecule has 1 aliphatic rings. The maximum absolute atomic E-state index is 12.8. The number of sulfonamides is 1. The Labute approximate surface area is 171 Å². The van der Waals surface area contributed by atoms with Gasteiger partial charge in [0.1, 0.15) is 6.04 Å². The van der Waals surface area contributed by atoms with E-state index in [2.05, 4.69) is 5.32 Å². The third-order valence-corrected chi connectivity index (χ3v) is 7.40. The minimum Gasteiger partial charge on any atom is -0.350 e. The molecule has 2 heterocycles. The van der Waals surface area contributed by atoms with Crippen LogP contribution in [0.15, 0.2) is 65.7 Å². The zero-order chi connectivity index (χ0) is 20.4. The first-order chi connectivity index (χ1) is 14.0. The molecule has 1 aliphatic heterocycles. The molecule has 0 unspecified atom stereocenters. The second kappa shape index (κ2) is 8.00. The topological polar surface area (TPSA) is 71.4 Å². The van der Waals surface area contributed by atoms with Gasteiger partial charge < -0.3 is 9.88 Å². The Kier molecular flexibility index (Phi) is 5.43. The Balaban J connectivity index is 1.53. The highest BCUT2D eigenvalue weighted by molar-refractivity contribution is 7.89. The Morgan fingerprint density at radius 2 is 1.79 bits per heavy atom.